The van der Waals surface area contributed by atoms with Gasteiger partial charge in [0.05, 0.1) is 17.8 Å². The van der Waals surface area contributed by atoms with E-state index in [4.69, 9.17) is 12.2 Å². The molecule has 4 aromatic rings. The van der Waals surface area contributed by atoms with E-state index in [1.807, 2.05) is 30.5 Å². The van der Waals surface area contributed by atoms with Crippen molar-refractivity contribution in [2.75, 3.05) is 4.90 Å². The quantitative estimate of drug-likeness (QED) is 0.414. The number of anilines is 1. The van der Waals surface area contributed by atoms with E-state index >= 15 is 0 Å². The molecule has 1 saturated heterocycles. The van der Waals surface area contributed by atoms with E-state index in [0.29, 0.717) is 5.11 Å². The molecular formula is C26H24FN5S. The fourth-order valence-corrected chi connectivity index (χ4v) is 4.94. The molecule has 33 heavy (non-hydrogen) atoms. The maximum atomic E-state index is 13.7. The van der Waals surface area contributed by atoms with Gasteiger partial charge in [-0.2, -0.15) is 0 Å². The van der Waals surface area contributed by atoms with E-state index < -0.39 is 0 Å². The normalized spacial score (nSPS) is 17.9. The Kier molecular flexibility index (Phi) is 5.64. The average Bonchev–Trinajstić information content (AvgIpc) is 3.32. The third-order valence-corrected chi connectivity index (χ3v) is 6.51. The summed E-state index contributed by atoms with van der Waals surface area (Å²) in [5, 5.41) is 4.07. The van der Waals surface area contributed by atoms with Crippen molar-refractivity contribution >= 4 is 23.0 Å². The smallest absolute Gasteiger partial charge is 0.174 e. The molecule has 7 heteroatoms. The molecule has 1 N–H and O–H groups in total. The van der Waals surface area contributed by atoms with Crippen LogP contribution in [0.1, 0.15) is 40.3 Å². The van der Waals surface area contributed by atoms with E-state index in [-0.39, 0.29) is 17.9 Å². The highest BCUT2D eigenvalue weighted by Crippen LogP contribution is 2.43. The van der Waals surface area contributed by atoms with Gasteiger partial charge in [0.25, 0.3) is 0 Å². The standard InChI is InChI=1S/C26H24FN5S/c1-17-14-22(18(2)31(17)16-19-6-5-12-28-15-19)25-24(23-7-3-4-13-29-23)30-26(33)32(25)21-10-8-20(27)9-11-21/h3-15,24-25H,16H2,1-2H3,(H,30,33)/t24-,25-/m1/s1. The van der Waals surface area contributed by atoms with Gasteiger partial charge < -0.3 is 14.8 Å². The second kappa shape index (κ2) is 8.75. The Hall–Kier alpha value is -3.58. The van der Waals surface area contributed by atoms with Gasteiger partial charge in [0.2, 0.25) is 0 Å². The molecule has 0 bridgehead atoms. The highest BCUT2D eigenvalue weighted by atomic mass is 32.1. The van der Waals surface area contributed by atoms with Crippen LogP contribution in [0.15, 0.2) is 79.3 Å². The second-order valence-corrected chi connectivity index (χ2v) is 8.63. The SMILES string of the molecule is Cc1cc([C@@H]2[C@@H](c3ccccn3)NC(=S)N2c2ccc(F)cc2)c(C)n1Cc1cccnc1. The molecule has 0 saturated carbocycles. The van der Waals surface area contributed by atoms with Crippen LogP contribution in [-0.2, 0) is 6.54 Å². The summed E-state index contributed by atoms with van der Waals surface area (Å²) in [5.41, 5.74) is 6.36. The first kappa shape index (κ1) is 21.3. The summed E-state index contributed by atoms with van der Waals surface area (Å²) in [6.07, 6.45) is 5.48. The van der Waals surface area contributed by atoms with Gasteiger partial charge >= 0.3 is 0 Å². The summed E-state index contributed by atoms with van der Waals surface area (Å²) in [4.78, 5) is 10.9. The maximum Gasteiger partial charge on any atom is 0.174 e. The van der Waals surface area contributed by atoms with Crippen LogP contribution in [0.2, 0.25) is 0 Å². The van der Waals surface area contributed by atoms with E-state index in [1.54, 1.807) is 24.5 Å². The van der Waals surface area contributed by atoms with Crippen molar-refractivity contribution in [1.82, 2.24) is 19.9 Å². The first-order valence-corrected chi connectivity index (χ1v) is 11.3. The Bertz CT molecular complexity index is 1270. The summed E-state index contributed by atoms with van der Waals surface area (Å²) in [6.45, 7) is 4.99. The predicted octanol–water partition coefficient (Wildman–Crippen LogP) is 5.26. The monoisotopic (exact) mass is 457 g/mol. The fraction of sp³-hybridized carbons (Fsp3) is 0.192. The van der Waals surface area contributed by atoms with Gasteiger partial charge in [-0.05, 0) is 85.7 Å². The molecule has 0 spiro atoms. The third-order valence-electron chi connectivity index (χ3n) is 6.20. The largest absolute Gasteiger partial charge is 0.351 e. The summed E-state index contributed by atoms with van der Waals surface area (Å²) in [5.74, 6) is -0.274. The first-order valence-electron chi connectivity index (χ1n) is 10.8. The minimum atomic E-state index is -0.274. The summed E-state index contributed by atoms with van der Waals surface area (Å²) in [7, 11) is 0. The third kappa shape index (κ3) is 4.00. The van der Waals surface area contributed by atoms with Crippen LogP contribution in [0, 0.1) is 19.7 Å². The van der Waals surface area contributed by atoms with Crippen LogP contribution in [0.3, 0.4) is 0 Å². The molecule has 1 aliphatic rings. The number of aryl methyl sites for hydroxylation is 1. The summed E-state index contributed by atoms with van der Waals surface area (Å²) >= 11 is 5.78. The van der Waals surface area contributed by atoms with Gasteiger partial charge in [-0.15, -0.1) is 0 Å². The number of rotatable bonds is 5. The minimum absolute atomic E-state index is 0.133. The van der Waals surface area contributed by atoms with Crippen molar-refractivity contribution in [2.45, 2.75) is 32.5 Å². The lowest BCUT2D eigenvalue weighted by atomic mass is 9.96. The summed E-state index contributed by atoms with van der Waals surface area (Å²) < 4.78 is 16.0. The number of thiocarbonyl (C=S) groups is 1. The number of pyridine rings is 2. The molecular weight excluding hydrogens is 433 g/mol. The van der Waals surface area contributed by atoms with Crippen LogP contribution >= 0.6 is 12.2 Å². The van der Waals surface area contributed by atoms with Gasteiger partial charge in [0.15, 0.2) is 5.11 Å². The van der Waals surface area contributed by atoms with Crippen LogP contribution in [-0.4, -0.2) is 19.6 Å². The molecule has 0 amide bonds. The van der Waals surface area contributed by atoms with Crippen LogP contribution < -0.4 is 10.2 Å². The Morgan fingerprint density at radius 1 is 1.03 bits per heavy atom. The zero-order chi connectivity index (χ0) is 22.9. The van der Waals surface area contributed by atoms with Gasteiger partial charge in [-0.1, -0.05) is 12.1 Å². The molecule has 0 unspecified atom stereocenters. The Morgan fingerprint density at radius 2 is 1.85 bits per heavy atom. The molecule has 1 aromatic carbocycles. The lowest BCUT2D eigenvalue weighted by Crippen LogP contribution is -2.29. The molecule has 3 aromatic heterocycles. The van der Waals surface area contributed by atoms with E-state index in [0.717, 1.165) is 40.4 Å². The number of benzene rings is 1. The lowest BCUT2D eigenvalue weighted by Gasteiger charge is -2.28. The number of nitrogens with one attached hydrogen (secondary N) is 1. The zero-order valence-electron chi connectivity index (χ0n) is 18.4. The number of halogens is 1. The number of aromatic nitrogens is 3. The zero-order valence-corrected chi connectivity index (χ0v) is 19.3. The van der Waals surface area contributed by atoms with Crippen molar-refractivity contribution in [2.24, 2.45) is 0 Å². The van der Waals surface area contributed by atoms with Crippen molar-refractivity contribution in [3.63, 3.8) is 0 Å². The topological polar surface area (TPSA) is 46.0 Å². The second-order valence-electron chi connectivity index (χ2n) is 8.25. The molecule has 166 valence electrons. The maximum absolute atomic E-state index is 13.7. The molecule has 4 heterocycles. The predicted molar refractivity (Wildman–Crippen MR) is 132 cm³/mol. The molecule has 0 radical (unpaired) electrons. The fourth-order valence-electron chi connectivity index (χ4n) is 4.60. The number of hydrogen-bond donors (Lipinski definition) is 1. The van der Waals surface area contributed by atoms with Crippen LogP contribution in [0.25, 0.3) is 0 Å². The van der Waals surface area contributed by atoms with Gasteiger partial charge in [-0.25, -0.2) is 4.39 Å². The molecule has 5 rings (SSSR count). The number of nitrogens with zero attached hydrogens (tertiary/aromatic N) is 4. The minimum Gasteiger partial charge on any atom is -0.351 e. The van der Waals surface area contributed by atoms with Crippen molar-refractivity contribution in [3.05, 3.63) is 113 Å². The Labute approximate surface area is 197 Å². The molecule has 2 atom stereocenters. The number of hydrogen-bond acceptors (Lipinski definition) is 3. The van der Waals surface area contributed by atoms with Crippen molar-refractivity contribution in [3.8, 4) is 0 Å². The van der Waals surface area contributed by atoms with Gasteiger partial charge in [0.1, 0.15) is 5.82 Å². The van der Waals surface area contributed by atoms with E-state index in [1.165, 1.54) is 12.1 Å². The van der Waals surface area contributed by atoms with Crippen molar-refractivity contribution in [1.29, 1.82) is 0 Å². The molecule has 1 aliphatic heterocycles. The summed E-state index contributed by atoms with van der Waals surface area (Å²) in [6, 6.07) is 18.4. The Morgan fingerprint density at radius 3 is 2.55 bits per heavy atom. The highest BCUT2D eigenvalue weighted by Gasteiger charge is 2.42. The van der Waals surface area contributed by atoms with Crippen LogP contribution in [0.4, 0.5) is 10.1 Å². The lowest BCUT2D eigenvalue weighted by molar-refractivity contribution is 0.563. The van der Waals surface area contributed by atoms with Crippen molar-refractivity contribution < 1.29 is 4.39 Å². The van der Waals surface area contributed by atoms with Crippen LogP contribution in [0.5, 0.6) is 0 Å². The highest BCUT2D eigenvalue weighted by molar-refractivity contribution is 7.80. The van der Waals surface area contributed by atoms with Gasteiger partial charge in [-0.3, -0.25) is 9.97 Å². The van der Waals surface area contributed by atoms with Gasteiger partial charge in [0, 0.05) is 42.2 Å². The first-order chi connectivity index (χ1) is 16.0. The molecule has 0 aliphatic carbocycles. The molecule has 1 fully saturated rings. The Balaban J connectivity index is 1.62. The van der Waals surface area contributed by atoms with E-state index in [2.05, 4.69) is 50.7 Å². The molecule has 5 nitrogen and oxygen atoms in total. The average molecular weight is 458 g/mol. The van der Waals surface area contributed by atoms with E-state index in [9.17, 15) is 4.39 Å².